The minimum atomic E-state index is -0.0881. The highest BCUT2D eigenvalue weighted by molar-refractivity contribution is 7.10. The summed E-state index contributed by atoms with van der Waals surface area (Å²) in [6, 6.07) is 11.4. The first-order valence-electron chi connectivity index (χ1n) is 9.11. The fourth-order valence-electron chi connectivity index (χ4n) is 3.26. The molecule has 2 heterocycles. The second-order valence-electron chi connectivity index (χ2n) is 7.84. The Balaban J connectivity index is 1.74. The number of thiophene rings is 1. The smallest absolute Gasteiger partial charge is 0.251 e. The van der Waals surface area contributed by atoms with Crippen LogP contribution >= 0.6 is 11.3 Å². The summed E-state index contributed by atoms with van der Waals surface area (Å²) in [6.45, 7) is 7.14. The third-order valence-electron chi connectivity index (χ3n) is 4.73. The molecule has 1 aromatic heterocycles. The van der Waals surface area contributed by atoms with Gasteiger partial charge in [0, 0.05) is 29.1 Å². The first-order chi connectivity index (χ1) is 12.4. The summed E-state index contributed by atoms with van der Waals surface area (Å²) in [4.78, 5) is 27.8. The molecule has 1 unspecified atom stereocenters. The van der Waals surface area contributed by atoms with Gasteiger partial charge in [0.25, 0.3) is 5.91 Å². The van der Waals surface area contributed by atoms with E-state index in [0.29, 0.717) is 12.0 Å². The lowest BCUT2D eigenvalue weighted by Gasteiger charge is -2.31. The van der Waals surface area contributed by atoms with Crippen LogP contribution in [0.3, 0.4) is 0 Å². The number of carbonyl (C=O) groups excluding carboxylic acids is 2. The predicted octanol–water partition coefficient (Wildman–Crippen LogP) is 4.78. The van der Waals surface area contributed by atoms with Crippen molar-refractivity contribution in [1.82, 2.24) is 5.32 Å². The van der Waals surface area contributed by atoms with Crippen molar-refractivity contribution in [1.29, 1.82) is 0 Å². The normalized spacial score (nSPS) is 16.4. The molecule has 0 bridgehead atoms. The Labute approximate surface area is 159 Å². The maximum atomic E-state index is 12.8. The molecule has 3 rings (SSSR count). The first-order valence-corrected chi connectivity index (χ1v) is 9.99. The quantitative estimate of drug-likeness (QED) is 0.842. The highest BCUT2D eigenvalue weighted by Gasteiger charge is 2.29. The second kappa shape index (κ2) is 7.62. The zero-order chi connectivity index (χ0) is 18.7. The summed E-state index contributed by atoms with van der Waals surface area (Å²) >= 11 is 1.66. The van der Waals surface area contributed by atoms with E-state index < -0.39 is 0 Å². The Morgan fingerprint density at radius 2 is 1.88 bits per heavy atom. The van der Waals surface area contributed by atoms with E-state index in [4.69, 9.17) is 0 Å². The van der Waals surface area contributed by atoms with E-state index in [1.165, 1.54) is 0 Å². The Hall–Kier alpha value is -2.14. The molecule has 0 spiro atoms. The number of hydrogen-bond donors (Lipinski definition) is 1. The average molecular weight is 371 g/mol. The molecule has 1 aliphatic heterocycles. The van der Waals surface area contributed by atoms with Gasteiger partial charge in [0.05, 0.1) is 6.04 Å². The lowest BCUT2D eigenvalue weighted by Crippen LogP contribution is -2.36. The van der Waals surface area contributed by atoms with E-state index in [9.17, 15) is 9.59 Å². The monoisotopic (exact) mass is 370 g/mol. The third kappa shape index (κ3) is 4.15. The van der Waals surface area contributed by atoms with Crippen molar-refractivity contribution >= 4 is 28.8 Å². The predicted molar refractivity (Wildman–Crippen MR) is 107 cm³/mol. The minimum absolute atomic E-state index is 0.0432. The number of rotatable bonds is 4. The van der Waals surface area contributed by atoms with Gasteiger partial charge in [0.1, 0.15) is 0 Å². The van der Waals surface area contributed by atoms with Crippen LogP contribution in [-0.4, -0.2) is 18.4 Å². The van der Waals surface area contributed by atoms with Crippen LogP contribution in [0.15, 0.2) is 41.8 Å². The highest BCUT2D eigenvalue weighted by Crippen LogP contribution is 2.35. The molecule has 1 fully saturated rings. The first kappa shape index (κ1) is 18.6. The van der Waals surface area contributed by atoms with Crippen LogP contribution in [0.1, 0.15) is 61.3 Å². The lowest BCUT2D eigenvalue weighted by atomic mass is 9.85. The van der Waals surface area contributed by atoms with E-state index >= 15 is 0 Å². The van der Waals surface area contributed by atoms with Gasteiger partial charge < -0.3 is 10.2 Å². The third-order valence-corrected chi connectivity index (χ3v) is 5.67. The standard InChI is InChI=1S/C21H26N2O2S/c1-21(2,3)19(17-7-6-14-26-17)22-20(25)15-9-11-16(12-10-15)23-13-5-4-8-18(23)24/h6-7,9-12,14,19H,4-5,8,13H2,1-3H3,(H,22,25). The van der Waals surface area contributed by atoms with E-state index in [1.807, 2.05) is 28.5 Å². The molecule has 0 radical (unpaired) electrons. The molecule has 1 saturated heterocycles. The Morgan fingerprint density at radius 3 is 2.46 bits per heavy atom. The van der Waals surface area contributed by atoms with Crippen LogP contribution in [0.4, 0.5) is 5.69 Å². The van der Waals surface area contributed by atoms with Crippen molar-refractivity contribution in [3.8, 4) is 0 Å². The fourth-order valence-corrected chi connectivity index (χ4v) is 4.28. The maximum Gasteiger partial charge on any atom is 0.251 e. The number of carbonyl (C=O) groups is 2. The number of benzene rings is 1. The molecule has 5 heteroatoms. The van der Waals surface area contributed by atoms with E-state index in [1.54, 1.807) is 23.5 Å². The van der Waals surface area contributed by atoms with Crippen LogP contribution < -0.4 is 10.2 Å². The Bertz CT molecular complexity index is 760. The van der Waals surface area contributed by atoms with Crippen molar-refractivity contribution in [3.05, 3.63) is 52.2 Å². The minimum Gasteiger partial charge on any atom is -0.344 e. The molecular weight excluding hydrogens is 344 g/mol. The molecule has 138 valence electrons. The Morgan fingerprint density at radius 1 is 1.15 bits per heavy atom. The molecule has 0 saturated carbocycles. The number of nitrogens with zero attached hydrogens (tertiary/aromatic N) is 1. The van der Waals surface area contributed by atoms with Crippen LogP contribution in [0.2, 0.25) is 0 Å². The zero-order valence-corrected chi connectivity index (χ0v) is 16.4. The van der Waals surface area contributed by atoms with Crippen molar-refractivity contribution in [2.75, 3.05) is 11.4 Å². The molecule has 1 aromatic carbocycles. The summed E-state index contributed by atoms with van der Waals surface area (Å²) in [7, 11) is 0. The maximum absolute atomic E-state index is 12.8. The number of hydrogen-bond acceptors (Lipinski definition) is 3. The van der Waals surface area contributed by atoms with Gasteiger partial charge in [-0.1, -0.05) is 26.8 Å². The van der Waals surface area contributed by atoms with Crippen molar-refractivity contribution < 1.29 is 9.59 Å². The number of amides is 2. The summed E-state index contributed by atoms with van der Waals surface area (Å²) in [5.41, 5.74) is 1.40. The van der Waals surface area contributed by atoms with Gasteiger partial charge in [-0.2, -0.15) is 0 Å². The molecule has 4 nitrogen and oxygen atoms in total. The van der Waals surface area contributed by atoms with Gasteiger partial charge in [-0.25, -0.2) is 0 Å². The largest absolute Gasteiger partial charge is 0.344 e. The van der Waals surface area contributed by atoms with Gasteiger partial charge in [-0.15, -0.1) is 11.3 Å². The average Bonchev–Trinajstić information content (AvgIpc) is 3.13. The molecule has 2 aromatic rings. The molecule has 1 atom stereocenters. The summed E-state index contributed by atoms with van der Waals surface area (Å²) in [5.74, 6) is 0.0776. The summed E-state index contributed by atoms with van der Waals surface area (Å²) in [6.07, 6.45) is 2.60. The van der Waals surface area contributed by atoms with E-state index in [0.717, 1.165) is 30.0 Å². The topological polar surface area (TPSA) is 49.4 Å². The van der Waals surface area contributed by atoms with Gasteiger partial charge in [0.2, 0.25) is 5.91 Å². The highest BCUT2D eigenvalue weighted by atomic mass is 32.1. The van der Waals surface area contributed by atoms with Crippen molar-refractivity contribution in [3.63, 3.8) is 0 Å². The van der Waals surface area contributed by atoms with Gasteiger partial charge in [-0.3, -0.25) is 9.59 Å². The van der Waals surface area contributed by atoms with Gasteiger partial charge in [0.15, 0.2) is 0 Å². The lowest BCUT2D eigenvalue weighted by molar-refractivity contribution is -0.119. The second-order valence-corrected chi connectivity index (χ2v) is 8.82. The number of piperidine rings is 1. The molecule has 2 amide bonds. The summed E-state index contributed by atoms with van der Waals surface area (Å²) in [5, 5.41) is 5.21. The molecule has 1 N–H and O–H groups in total. The SMILES string of the molecule is CC(C)(C)C(NC(=O)c1ccc(N2CCCCC2=O)cc1)c1cccs1. The fraction of sp³-hybridized carbons (Fsp3) is 0.429. The van der Waals surface area contributed by atoms with Gasteiger partial charge >= 0.3 is 0 Å². The molecular formula is C21H26N2O2S. The van der Waals surface area contributed by atoms with E-state index in [-0.39, 0.29) is 23.3 Å². The molecule has 26 heavy (non-hydrogen) atoms. The van der Waals surface area contributed by atoms with Crippen LogP contribution in [0.25, 0.3) is 0 Å². The number of nitrogens with one attached hydrogen (secondary N) is 1. The zero-order valence-electron chi connectivity index (χ0n) is 15.6. The van der Waals surface area contributed by atoms with Crippen LogP contribution in [-0.2, 0) is 4.79 Å². The van der Waals surface area contributed by atoms with E-state index in [2.05, 4.69) is 32.2 Å². The Kier molecular flexibility index (Phi) is 5.47. The van der Waals surface area contributed by atoms with Crippen molar-refractivity contribution in [2.45, 2.75) is 46.1 Å². The molecule has 0 aliphatic carbocycles. The van der Waals surface area contributed by atoms with Crippen LogP contribution in [0.5, 0.6) is 0 Å². The van der Waals surface area contributed by atoms with Crippen LogP contribution in [0, 0.1) is 5.41 Å². The van der Waals surface area contributed by atoms with Crippen molar-refractivity contribution in [2.24, 2.45) is 5.41 Å². The summed E-state index contributed by atoms with van der Waals surface area (Å²) < 4.78 is 0. The van der Waals surface area contributed by atoms with Gasteiger partial charge in [-0.05, 0) is 54.0 Å². The number of anilines is 1. The molecule has 1 aliphatic rings.